The molecule has 0 N–H and O–H groups in total. The third kappa shape index (κ3) is 1.50. The standard InChI is InChI=1S/C7H10BN2/c1-9(2)7-3-5-10(8)6-4-7/h3-6H,1-2H3. The predicted octanol–water partition coefficient (Wildman–Crippen LogP) is -0.0283. The molecule has 0 unspecified atom stereocenters. The van der Waals surface area contributed by atoms with E-state index < -0.39 is 0 Å². The molecule has 2 nitrogen and oxygen atoms in total. The first kappa shape index (κ1) is 7.13. The maximum Gasteiger partial charge on any atom is 0.110 e. The molecule has 1 rings (SSSR count). The molecule has 0 fully saturated rings. The second kappa shape index (κ2) is 2.73. The van der Waals surface area contributed by atoms with Crippen molar-refractivity contribution in [3.05, 3.63) is 24.5 Å². The Labute approximate surface area is 62.5 Å². The van der Waals surface area contributed by atoms with Crippen molar-refractivity contribution in [2.24, 2.45) is 0 Å². The van der Waals surface area contributed by atoms with E-state index in [9.17, 15) is 0 Å². The van der Waals surface area contributed by atoms with E-state index in [2.05, 4.69) is 0 Å². The minimum Gasteiger partial charge on any atom is -0.515 e. The van der Waals surface area contributed by atoms with Crippen molar-refractivity contribution in [1.82, 2.24) is 0 Å². The highest BCUT2D eigenvalue weighted by Crippen LogP contribution is 2.04. The van der Waals surface area contributed by atoms with Crippen molar-refractivity contribution in [1.29, 1.82) is 0 Å². The summed E-state index contributed by atoms with van der Waals surface area (Å²) in [5, 5.41) is 0. The number of nitrogens with zero attached hydrogens (tertiary/aromatic N) is 2. The molecule has 3 radical (unpaired) electrons. The average Bonchev–Trinajstić information content (AvgIpc) is 1.88. The van der Waals surface area contributed by atoms with Crippen LogP contribution >= 0.6 is 0 Å². The quantitative estimate of drug-likeness (QED) is 0.488. The van der Waals surface area contributed by atoms with Gasteiger partial charge in [0.15, 0.2) is 0 Å². The van der Waals surface area contributed by atoms with Crippen LogP contribution in [0, 0.1) is 0 Å². The number of aromatic nitrogens is 1. The summed E-state index contributed by atoms with van der Waals surface area (Å²) in [5.41, 5.74) is 1.15. The lowest BCUT2D eigenvalue weighted by atomic mass is 10.3. The molecule has 0 aliphatic carbocycles. The molecular weight excluding hydrogens is 123 g/mol. The monoisotopic (exact) mass is 133 g/mol. The topological polar surface area (TPSA) is 7.12 Å². The predicted molar refractivity (Wildman–Crippen MR) is 42.1 cm³/mol. The fraction of sp³-hybridized carbons (Fsp3) is 0.286. The molecule has 0 aromatic carbocycles. The summed E-state index contributed by atoms with van der Waals surface area (Å²) in [7, 11) is 9.42. The van der Waals surface area contributed by atoms with Crippen molar-refractivity contribution in [2.75, 3.05) is 19.0 Å². The number of pyridine rings is 1. The van der Waals surface area contributed by atoms with Crippen molar-refractivity contribution < 1.29 is 4.48 Å². The van der Waals surface area contributed by atoms with Crippen LogP contribution in [0.15, 0.2) is 24.5 Å². The first-order valence-corrected chi connectivity index (χ1v) is 3.14. The molecule has 1 aromatic rings. The fourth-order valence-corrected chi connectivity index (χ4v) is 0.728. The number of rotatable bonds is 1. The molecule has 0 aliphatic rings. The van der Waals surface area contributed by atoms with Crippen LogP contribution in [0.1, 0.15) is 0 Å². The molecule has 0 saturated heterocycles. The molecule has 51 valence electrons. The minimum absolute atomic E-state index is 1.15. The third-order valence-electron chi connectivity index (χ3n) is 1.35. The van der Waals surface area contributed by atoms with Gasteiger partial charge in [0.05, 0.1) is 0 Å². The van der Waals surface area contributed by atoms with Gasteiger partial charge in [-0.2, -0.15) is 0 Å². The van der Waals surface area contributed by atoms with Gasteiger partial charge >= 0.3 is 0 Å². The summed E-state index contributed by atoms with van der Waals surface area (Å²) >= 11 is 0. The smallest absolute Gasteiger partial charge is 0.110 e. The lowest BCUT2D eigenvalue weighted by Crippen LogP contribution is -2.29. The van der Waals surface area contributed by atoms with E-state index in [4.69, 9.17) is 7.98 Å². The molecule has 0 spiro atoms. The van der Waals surface area contributed by atoms with Gasteiger partial charge in [-0.3, -0.25) is 0 Å². The largest absolute Gasteiger partial charge is 0.515 e. The Kier molecular flexibility index (Phi) is 1.95. The van der Waals surface area contributed by atoms with E-state index >= 15 is 0 Å². The maximum atomic E-state index is 5.42. The van der Waals surface area contributed by atoms with Gasteiger partial charge in [-0.25, -0.2) is 0 Å². The Morgan fingerprint density at radius 1 is 1.30 bits per heavy atom. The molecule has 1 aromatic heterocycles. The zero-order chi connectivity index (χ0) is 7.56. The van der Waals surface area contributed by atoms with Crippen molar-refractivity contribution in [3.63, 3.8) is 0 Å². The van der Waals surface area contributed by atoms with Crippen LogP contribution in [0.25, 0.3) is 0 Å². The summed E-state index contributed by atoms with van der Waals surface area (Å²) in [5.74, 6) is 0. The Morgan fingerprint density at radius 3 is 2.20 bits per heavy atom. The Bertz CT molecular complexity index is 205. The fourth-order valence-electron chi connectivity index (χ4n) is 0.728. The van der Waals surface area contributed by atoms with Crippen molar-refractivity contribution in [2.45, 2.75) is 0 Å². The molecule has 0 saturated carbocycles. The Balaban J connectivity index is 2.89. The van der Waals surface area contributed by atoms with Crippen LogP contribution in [-0.4, -0.2) is 22.1 Å². The van der Waals surface area contributed by atoms with E-state index in [0.29, 0.717) is 0 Å². The van der Waals surface area contributed by atoms with E-state index in [1.165, 1.54) is 4.48 Å². The van der Waals surface area contributed by atoms with Crippen LogP contribution in [0.2, 0.25) is 0 Å². The zero-order valence-corrected chi connectivity index (χ0v) is 6.28. The van der Waals surface area contributed by atoms with Gasteiger partial charge in [-0.05, 0) is 0 Å². The van der Waals surface area contributed by atoms with Gasteiger partial charge in [-0.15, -0.1) is 7.98 Å². The van der Waals surface area contributed by atoms with E-state index in [-0.39, 0.29) is 0 Å². The summed E-state index contributed by atoms with van der Waals surface area (Å²) in [6, 6.07) is 3.92. The van der Waals surface area contributed by atoms with E-state index in [1.54, 1.807) is 0 Å². The molecule has 0 atom stereocenters. The summed E-state index contributed by atoms with van der Waals surface area (Å²) < 4.78 is 1.52. The van der Waals surface area contributed by atoms with Crippen LogP contribution < -0.4 is 9.38 Å². The van der Waals surface area contributed by atoms with Crippen LogP contribution in [0.4, 0.5) is 5.69 Å². The van der Waals surface area contributed by atoms with Gasteiger partial charge in [-0.1, -0.05) is 0 Å². The molecule has 0 amide bonds. The number of hydrogen-bond acceptors (Lipinski definition) is 1. The SMILES string of the molecule is [B-][n+]1ccc(N(C)C)cc1. The van der Waals surface area contributed by atoms with Crippen molar-refractivity contribution >= 4 is 13.7 Å². The highest BCUT2D eigenvalue weighted by molar-refractivity contribution is 5.94. The molecular formula is C7H10BN2. The van der Waals surface area contributed by atoms with Gasteiger partial charge in [0.1, 0.15) is 12.4 Å². The molecule has 10 heavy (non-hydrogen) atoms. The van der Waals surface area contributed by atoms with Crippen LogP contribution in [0.3, 0.4) is 0 Å². The molecule has 0 aliphatic heterocycles. The maximum absolute atomic E-state index is 5.42. The molecule has 0 bridgehead atoms. The van der Waals surface area contributed by atoms with Gasteiger partial charge in [0.25, 0.3) is 0 Å². The average molecular weight is 133 g/mol. The first-order chi connectivity index (χ1) is 4.70. The summed E-state index contributed by atoms with van der Waals surface area (Å²) in [6.45, 7) is 0. The van der Waals surface area contributed by atoms with E-state index in [1.807, 2.05) is 43.5 Å². The highest BCUT2D eigenvalue weighted by atomic mass is 15.1. The third-order valence-corrected chi connectivity index (χ3v) is 1.35. The Morgan fingerprint density at radius 2 is 1.80 bits per heavy atom. The van der Waals surface area contributed by atoms with Crippen LogP contribution in [-0.2, 0) is 0 Å². The zero-order valence-electron chi connectivity index (χ0n) is 6.28. The highest BCUT2D eigenvalue weighted by Gasteiger charge is 1.91. The Hall–Kier alpha value is -0.985. The molecule has 1 heterocycles. The first-order valence-electron chi connectivity index (χ1n) is 3.14. The number of hydrogen-bond donors (Lipinski definition) is 0. The summed E-state index contributed by atoms with van der Waals surface area (Å²) in [4.78, 5) is 2.03. The summed E-state index contributed by atoms with van der Waals surface area (Å²) in [6.07, 6.45) is 3.63. The lowest BCUT2D eigenvalue weighted by molar-refractivity contribution is -0.521. The normalized spacial score (nSPS) is 9.50. The second-order valence-electron chi connectivity index (χ2n) is 2.40. The van der Waals surface area contributed by atoms with Crippen LogP contribution in [0.5, 0.6) is 0 Å². The van der Waals surface area contributed by atoms with Gasteiger partial charge < -0.3 is 9.38 Å². The second-order valence-corrected chi connectivity index (χ2v) is 2.40. The lowest BCUT2D eigenvalue weighted by Gasteiger charge is -2.11. The van der Waals surface area contributed by atoms with E-state index in [0.717, 1.165) is 5.69 Å². The minimum atomic E-state index is 1.15. The number of anilines is 1. The van der Waals surface area contributed by atoms with Gasteiger partial charge in [0, 0.05) is 31.9 Å². The van der Waals surface area contributed by atoms with Crippen molar-refractivity contribution in [3.8, 4) is 0 Å². The van der Waals surface area contributed by atoms with Gasteiger partial charge in [0.2, 0.25) is 0 Å². The molecule has 3 heteroatoms.